The third kappa shape index (κ3) is 2.77. The molecule has 8 heteroatoms. The van der Waals surface area contributed by atoms with Crippen molar-refractivity contribution in [3.05, 3.63) is 24.0 Å². The van der Waals surface area contributed by atoms with Crippen molar-refractivity contribution in [2.75, 3.05) is 19.0 Å². The molecule has 18 heavy (non-hydrogen) atoms. The third-order valence-corrected chi connectivity index (χ3v) is 4.14. The molecule has 0 atom stereocenters. The van der Waals surface area contributed by atoms with Crippen LogP contribution in [0.2, 0.25) is 0 Å². The van der Waals surface area contributed by atoms with Crippen LogP contribution in [0, 0.1) is 0 Å². The summed E-state index contributed by atoms with van der Waals surface area (Å²) in [5.41, 5.74) is 0.0316. The second kappa shape index (κ2) is 5.32. The maximum atomic E-state index is 11.0. The van der Waals surface area contributed by atoms with Crippen LogP contribution in [0.1, 0.15) is 10.5 Å². The second-order valence-electron chi connectivity index (χ2n) is 3.50. The molecule has 0 saturated heterocycles. The van der Waals surface area contributed by atoms with Gasteiger partial charge in [-0.25, -0.2) is 9.78 Å². The van der Waals surface area contributed by atoms with Crippen LogP contribution < -0.4 is 4.90 Å². The van der Waals surface area contributed by atoms with Gasteiger partial charge in [-0.3, -0.25) is 0 Å². The van der Waals surface area contributed by atoms with Crippen LogP contribution in [0.5, 0.6) is 0 Å². The predicted molar refractivity (Wildman–Crippen MR) is 69.6 cm³/mol. The molecule has 2 aromatic rings. The number of carboxylic acids is 1. The molecule has 0 aliphatic rings. The molecule has 2 rings (SSSR count). The van der Waals surface area contributed by atoms with Crippen LogP contribution in [0.15, 0.2) is 27.6 Å². The smallest absolute Gasteiger partial charge is 0.355 e. The number of hydrogen-bond donors (Lipinski definition) is 1. The van der Waals surface area contributed by atoms with Gasteiger partial charge in [0.1, 0.15) is 0 Å². The van der Waals surface area contributed by atoms with E-state index >= 15 is 0 Å². The Bertz CT molecular complexity index is 571. The maximum absolute atomic E-state index is 11.0. The van der Waals surface area contributed by atoms with E-state index in [9.17, 15) is 4.79 Å². The Kier molecular flexibility index (Phi) is 3.78. The lowest BCUT2D eigenvalue weighted by Gasteiger charge is -2.04. The number of pyridine rings is 1. The first kappa shape index (κ1) is 12.8. The van der Waals surface area contributed by atoms with Gasteiger partial charge in [0, 0.05) is 25.2 Å². The van der Waals surface area contributed by atoms with Crippen molar-refractivity contribution in [2.24, 2.45) is 0 Å². The highest BCUT2D eigenvalue weighted by Gasteiger charge is 2.14. The molecule has 94 valence electrons. The average Bonchev–Trinajstić information content (AvgIpc) is 2.78. The number of hydrogen-bond acceptors (Lipinski definition) is 7. The van der Waals surface area contributed by atoms with Crippen LogP contribution in [-0.2, 0) is 0 Å². The van der Waals surface area contributed by atoms with Crippen molar-refractivity contribution >= 4 is 34.2 Å². The summed E-state index contributed by atoms with van der Waals surface area (Å²) in [6.07, 6.45) is 1.46. The second-order valence-corrected chi connectivity index (χ2v) is 5.75. The molecule has 6 nitrogen and oxygen atoms in total. The normalized spacial score (nSPS) is 10.3. The molecule has 2 aromatic heterocycles. The van der Waals surface area contributed by atoms with Crippen LogP contribution in [0.25, 0.3) is 0 Å². The molecule has 0 aromatic carbocycles. The minimum Gasteiger partial charge on any atom is -0.476 e. The standard InChI is InChI=1S/C10H10N4O2S2/c1-14(2)9-12-13-10(18-9)17-6-4-3-5-11-7(6)8(15)16/h3-5H,1-2H3,(H,15,16). The summed E-state index contributed by atoms with van der Waals surface area (Å²) in [5.74, 6) is -1.05. The molecule has 0 spiro atoms. The molecule has 0 radical (unpaired) electrons. The number of nitrogens with zero attached hydrogens (tertiary/aromatic N) is 4. The molecule has 0 unspecified atom stereocenters. The van der Waals surface area contributed by atoms with E-state index in [2.05, 4.69) is 15.2 Å². The summed E-state index contributed by atoms with van der Waals surface area (Å²) in [5, 5.41) is 17.8. The summed E-state index contributed by atoms with van der Waals surface area (Å²) < 4.78 is 0.689. The minimum atomic E-state index is -1.05. The zero-order valence-electron chi connectivity index (χ0n) is 9.69. The first-order chi connectivity index (χ1) is 8.58. The molecule has 0 amide bonds. The van der Waals surface area contributed by atoms with E-state index in [1.807, 2.05) is 19.0 Å². The Morgan fingerprint density at radius 1 is 1.44 bits per heavy atom. The average molecular weight is 282 g/mol. The van der Waals surface area contributed by atoms with Gasteiger partial charge in [0.15, 0.2) is 10.0 Å². The maximum Gasteiger partial charge on any atom is 0.355 e. The van der Waals surface area contributed by atoms with Gasteiger partial charge in [0.25, 0.3) is 0 Å². The highest BCUT2D eigenvalue weighted by atomic mass is 32.2. The Labute approximate surface area is 112 Å². The highest BCUT2D eigenvalue weighted by molar-refractivity contribution is 8.01. The number of rotatable bonds is 4. The SMILES string of the molecule is CN(C)c1nnc(Sc2cccnc2C(=O)O)s1. The fourth-order valence-corrected chi connectivity index (χ4v) is 2.97. The first-order valence-corrected chi connectivity index (χ1v) is 6.58. The molecule has 0 aliphatic carbocycles. The number of aromatic nitrogens is 3. The van der Waals surface area contributed by atoms with Gasteiger partial charge in [-0.15, -0.1) is 10.2 Å². The quantitative estimate of drug-likeness (QED) is 0.916. The van der Waals surface area contributed by atoms with Crippen molar-refractivity contribution < 1.29 is 9.90 Å². The lowest BCUT2D eigenvalue weighted by Crippen LogP contribution is -2.07. The van der Waals surface area contributed by atoms with Gasteiger partial charge in [-0.2, -0.15) is 0 Å². The molecule has 1 N–H and O–H groups in total. The Morgan fingerprint density at radius 3 is 2.83 bits per heavy atom. The van der Waals surface area contributed by atoms with E-state index in [1.54, 1.807) is 12.1 Å². The van der Waals surface area contributed by atoms with Gasteiger partial charge in [-0.05, 0) is 12.1 Å². The summed E-state index contributed by atoms with van der Waals surface area (Å²) in [4.78, 5) is 17.3. The van der Waals surface area contributed by atoms with Gasteiger partial charge in [0.05, 0.1) is 0 Å². The van der Waals surface area contributed by atoms with Crippen LogP contribution in [0.4, 0.5) is 5.13 Å². The fraction of sp³-hybridized carbons (Fsp3) is 0.200. The lowest BCUT2D eigenvalue weighted by molar-refractivity contribution is 0.0686. The number of carbonyl (C=O) groups is 1. The zero-order chi connectivity index (χ0) is 13.1. The van der Waals surface area contributed by atoms with Crippen molar-refractivity contribution in [1.82, 2.24) is 15.2 Å². The van der Waals surface area contributed by atoms with Gasteiger partial charge >= 0.3 is 5.97 Å². The first-order valence-electron chi connectivity index (χ1n) is 4.95. The van der Waals surface area contributed by atoms with E-state index in [0.29, 0.717) is 9.24 Å². The topological polar surface area (TPSA) is 79.2 Å². The van der Waals surface area contributed by atoms with Crippen LogP contribution >= 0.6 is 23.1 Å². The molecular weight excluding hydrogens is 272 g/mol. The van der Waals surface area contributed by atoms with E-state index in [4.69, 9.17) is 5.11 Å². The molecule has 0 aliphatic heterocycles. The fourth-order valence-electron chi connectivity index (χ4n) is 1.15. The largest absolute Gasteiger partial charge is 0.476 e. The number of anilines is 1. The van der Waals surface area contributed by atoms with E-state index in [1.165, 1.54) is 29.3 Å². The zero-order valence-corrected chi connectivity index (χ0v) is 11.3. The highest BCUT2D eigenvalue weighted by Crippen LogP contribution is 2.33. The van der Waals surface area contributed by atoms with E-state index in [-0.39, 0.29) is 5.69 Å². The monoisotopic (exact) mass is 282 g/mol. The number of aromatic carboxylic acids is 1. The van der Waals surface area contributed by atoms with Crippen LogP contribution in [0.3, 0.4) is 0 Å². The predicted octanol–water partition coefficient (Wildman–Crippen LogP) is 1.85. The van der Waals surface area contributed by atoms with E-state index in [0.717, 1.165) is 5.13 Å². The van der Waals surface area contributed by atoms with Gasteiger partial charge < -0.3 is 10.0 Å². The van der Waals surface area contributed by atoms with Crippen LogP contribution in [-0.4, -0.2) is 40.4 Å². The molecule has 2 heterocycles. The van der Waals surface area contributed by atoms with Crippen molar-refractivity contribution in [3.8, 4) is 0 Å². The molecule has 0 fully saturated rings. The summed E-state index contributed by atoms with van der Waals surface area (Å²) in [6, 6.07) is 3.40. The van der Waals surface area contributed by atoms with Gasteiger partial charge in [0.2, 0.25) is 5.13 Å². The van der Waals surface area contributed by atoms with Gasteiger partial charge in [-0.1, -0.05) is 23.1 Å². The lowest BCUT2D eigenvalue weighted by atomic mass is 10.3. The third-order valence-electron chi connectivity index (χ3n) is 1.95. The number of carboxylic acid groups (broad SMARTS) is 1. The van der Waals surface area contributed by atoms with Crippen molar-refractivity contribution in [2.45, 2.75) is 9.24 Å². The Morgan fingerprint density at radius 2 is 2.22 bits per heavy atom. The summed E-state index contributed by atoms with van der Waals surface area (Å²) >= 11 is 2.66. The summed E-state index contributed by atoms with van der Waals surface area (Å²) in [6.45, 7) is 0. The summed E-state index contributed by atoms with van der Waals surface area (Å²) in [7, 11) is 3.75. The minimum absolute atomic E-state index is 0.0316. The van der Waals surface area contributed by atoms with Crippen molar-refractivity contribution in [3.63, 3.8) is 0 Å². The molecular formula is C10H10N4O2S2. The molecule has 0 bridgehead atoms. The Balaban J connectivity index is 2.25. The molecule has 0 saturated carbocycles. The van der Waals surface area contributed by atoms with Crippen molar-refractivity contribution in [1.29, 1.82) is 0 Å². The van der Waals surface area contributed by atoms with E-state index < -0.39 is 5.97 Å². The Hall–Kier alpha value is -1.67.